The Kier molecular flexibility index (Phi) is 3.36. The van der Waals surface area contributed by atoms with Gasteiger partial charge >= 0.3 is 0 Å². The number of rotatable bonds is 4. The molecule has 0 amide bonds. The van der Waals surface area contributed by atoms with Crippen LogP contribution in [0.15, 0.2) is 23.6 Å². The molecule has 2 N–H and O–H groups in total. The van der Waals surface area contributed by atoms with Gasteiger partial charge in [0.25, 0.3) is 0 Å². The largest absolute Gasteiger partial charge is 0.494 e. The number of nitrogens with one attached hydrogen (secondary N) is 2. The molecule has 0 atom stereocenters. The Bertz CT molecular complexity index is 745. The zero-order valence-corrected chi connectivity index (χ0v) is 12.6. The number of thiazole rings is 1. The van der Waals surface area contributed by atoms with Gasteiger partial charge in [0.1, 0.15) is 5.75 Å². The van der Waals surface area contributed by atoms with Crippen LogP contribution in [-0.2, 0) is 0 Å². The first kappa shape index (κ1) is 13.0. The van der Waals surface area contributed by atoms with E-state index in [9.17, 15) is 0 Å². The lowest BCUT2D eigenvalue weighted by atomic mass is 10.1. The van der Waals surface area contributed by atoms with Gasteiger partial charge in [-0.15, -0.1) is 11.3 Å². The Morgan fingerprint density at radius 1 is 1.40 bits per heavy atom. The summed E-state index contributed by atoms with van der Waals surface area (Å²) in [7, 11) is 1.89. The molecular weight excluding hydrogens is 270 g/mol. The third-order valence-electron chi connectivity index (χ3n) is 3.24. The van der Waals surface area contributed by atoms with Gasteiger partial charge in [-0.25, -0.2) is 4.98 Å². The smallest absolute Gasteiger partial charge is 0.182 e. The van der Waals surface area contributed by atoms with Gasteiger partial charge in [-0.2, -0.15) is 0 Å². The van der Waals surface area contributed by atoms with Crippen molar-refractivity contribution < 1.29 is 4.74 Å². The zero-order chi connectivity index (χ0) is 14.1. The van der Waals surface area contributed by atoms with E-state index < -0.39 is 0 Å². The lowest BCUT2D eigenvalue weighted by Gasteiger charge is -2.03. The van der Waals surface area contributed by atoms with Crippen LogP contribution in [0.2, 0.25) is 0 Å². The summed E-state index contributed by atoms with van der Waals surface area (Å²) in [4.78, 5) is 8.02. The van der Waals surface area contributed by atoms with Crippen molar-refractivity contribution in [3.8, 4) is 17.0 Å². The Hall–Kier alpha value is -2.01. The maximum Gasteiger partial charge on any atom is 0.182 e. The van der Waals surface area contributed by atoms with Gasteiger partial charge in [-0.05, 0) is 32.0 Å². The van der Waals surface area contributed by atoms with E-state index in [-0.39, 0.29) is 0 Å². The van der Waals surface area contributed by atoms with Crippen molar-refractivity contribution >= 4 is 27.4 Å². The van der Waals surface area contributed by atoms with E-state index in [1.807, 2.05) is 20.0 Å². The lowest BCUT2D eigenvalue weighted by Crippen LogP contribution is -1.90. The average Bonchev–Trinajstić information content (AvgIpc) is 3.02. The molecule has 3 rings (SSSR count). The monoisotopic (exact) mass is 287 g/mol. The van der Waals surface area contributed by atoms with E-state index in [0.29, 0.717) is 6.61 Å². The number of hydrogen-bond donors (Lipinski definition) is 2. The highest BCUT2D eigenvalue weighted by atomic mass is 32.1. The molecular formula is C15H17N3OS. The fourth-order valence-corrected chi connectivity index (χ4v) is 3.06. The average molecular weight is 287 g/mol. The molecule has 0 aliphatic heterocycles. The number of aryl methyl sites for hydroxylation is 1. The van der Waals surface area contributed by atoms with Crippen LogP contribution < -0.4 is 10.1 Å². The molecule has 0 radical (unpaired) electrons. The quantitative estimate of drug-likeness (QED) is 0.761. The number of fused-ring (bicyclic) bond motifs is 1. The van der Waals surface area contributed by atoms with Crippen molar-refractivity contribution in [3.05, 3.63) is 29.3 Å². The van der Waals surface area contributed by atoms with E-state index in [1.54, 1.807) is 11.3 Å². The van der Waals surface area contributed by atoms with Crippen molar-refractivity contribution in [2.45, 2.75) is 13.8 Å². The maximum atomic E-state index is 5.60. The number of ether oxygens (including phenoxy) is 1. The van der Waals surface area contributed by atoms with Crippen LogP contribution in [0.5, 0.6) is 5.75 Å². The molecule has 104 valence electrons. The second-order valence-corrected chi connectivity index (χ2v) is 5.41. The highest BCUT2D eigenvalue weighted by Crippen LogP contribution is 2.35. The molecule has 0 saturated carbocycles. The molecule has 0 spiro atoms. The summed E-state index contributed by atoms with van der Waals surface area (Å²) in [6.07, 6.45) is 0. The van der Waals surface area contributed by atoms with Crippen molar-refractivity contribution in [1.29, 1.82) is 0 Å². The van der Waals surface area contributed by atoms with E-state index in [2.05, 4.69) is 39.7 Å². The van der Waals surface area contributed by atoms with Crippen molar-refractivity contribution in [2.24, 2.45) is 0 Å². The second-order valence-electron chi connectivity index (χ2n) is 4.55. The van der Waals surface area contributed by atoms with Gasteiger partial charge in [0.2, 0.25) is 0 Å². The van der Waals surface area contributed by atoms with Crippen LogP contribution >= 0.6 is 11.3 Å². The van der Waals surface area contributed by atoms with Crippen LogP contribution in [0.25, 0.3) is 22.2 Å². The van der Waals surface area contributed by atoms with Gasteiger partial charge in [0.15, 0.2) is 5.13 Å². The number of nitrogens with zero attached hydrogens (tertiary/aromatic N) is 1. The van der Waals surface area contributed by atoms with Crippen LogP contribution in [0.1, 0.15) is 12.6 Å². The third kappa shape index (κ3) is 2.14. The highest BCUT2D eigenvalue weighted by Gasteiger charge is 2.14. The number of anilines is 1. The van der Waals surface area contributed by atoms with Crippen molar-refractivity contribution in [1.82, 2.24) is 9.97 Å². The molecule has 0 aliphatic carbocycles. The fourth-order valence-electron chi connectivity index (χ4n) is 2.40. The van der Waals surface area contributed by atoms with E-state index in [4.69, 9.17) is 4.74 Å². The molecule has 2 aromatic heterocycles. The summed E-state index contributed by atoms with van der Waals surface area (Å²) in [6, 6.07) is 6.13. The Balaban J connectivity index is 2.17. The summed E-state index contributed by atoms with van der Waals surface area (Å²) in [6.45, 7) is 4.74. The first-order valence-electron chi connectivity index (χ1n) is 6.61. The SMILES string of the molecule is CCOc1ccc2[nH]c(C)c(-c3csc(NC)n3)c2c1. The summed E-state index contributed by atoms with van der Waals surface area (Å²) in [5, 5.41) is 7.24. The minimum Gasteiger partial charge on any atom is -0.494 e. The van der Waals surface area contributed by atoms with Gasteiger partial charge < -0.3 is 15.0 Å². The van der Waals surface area contributed by atoms with E-state index >= 15 is 0 Å². The van der Waals surface area contributed by atoms with Gasteiger partial charge in [-0.1, -0.05) is 0 Å². The van der Waals surface area contributed by atoms with Crippen LogP contribution in [-0.4, -0.2) is 23.6 Å². The molecule has 2 heterocycles. The maximum absolute atomic E-state index is 5.60. The molecule has 0 aliphatic rings. The van der Waals surface area contributed by atoms with Crippen molar-refractivity contribution in [3.63, 3.8) is 0 Å². The number of hydrogen-bond acceptors (Lipinski definition) is 4. The van der Waals surface area contributed by atoms with Crippen LogP contribution in [0.4, 0.5) is 5.13 Å². The normalized spacial score (nSPS) is 10.9. The lowest BCUT2D eigenvalue weighted by molar-refractivity contribution is 0.341. The predicted molar refractivity (Wildman–Crippen MR) is 84.9 cm³/mol. The number of aromatic amines is 1. The van der Waals surface area contributed by atoms with E-state index in [1.165, 1.54) is 0 Å². The minimum absolute atomic E-state index is 0.671. The van der Waals surface area contributed by atoms with Crippen LogP contribution in [0, 0.1) is 6.92 Å². The summed E-state index contributed by atoms with van der Waals surface area (Å²) in [5.41, 5.74) is 4.39. The summed E-state index contributed by atoms with van der Waals surface area (Å²) < 4.78 is 5.60. The molecule has 3 aromatic rings. The Labute approximate surface area is 121 Å². The van der Waals surface area contributed by atoms with Crippen molar-refractivity contribution in [2.75, 3.05) is 19.0 Å². The molecule has 0 unspecified atom stereocenters. The minimum atomic E-state index is 0.671. The third-order valence-corrected chi connectivity index (χ3v) is 4.10. The number of aromatic nitrogens is 2. The predicted octanol–water partition coefficient (Wildman–Crippen LogP) is 4.04. The molecule has 20 heavy (non-hydrogen) atoms. The summed E-state index contributed by atoms with van der Waals surface area (Å²) in [5.74, 6) is 0.893. The molecule has 0 fully saturated rings. The van der Waals surface area contributed by atoms with Gasteiger partial charge in [-0.3, -0.25) is 0 Å². The molecule has 4 nitrogen and oxygen atoms in total. The van der Waals surface area contributed by atoms with Crippen LogP contribution in [0.3, 0.4) is 0 Å². The molecule has 5 heteroatoms. The van der Waals surface area contributed by atoms with E-state index in [0.717, 1.165) is 38.7 Å². The summed E-state index contributed by atoms with van der Waals surface area (Å²) >= 11 is 1.61. The first-order chi connectivity index (χ1) is 9.72. The van der Waals surface area contributed by atoms with Gasteiger partial charge in [0, 0.05) is 34.6 Å². The fraction of sp³-hybridized carbons (Fsp3) is 0.267. The van der Waals surface area contributed by atoms with Gasteiger partial charge in [0.05, 0.1) is 12.3 Å². The second kappa shape index (κ2) is 5.17. The molecule has 1 aromatic carbocycles. The zero-order valence-electron chi connectivity index (χ0n) is 11.8. The standard InChI is InChI=1S/C15H17N3OS/c1-4-19-10-5-6-12-11(7-10)14(9(2)17-12)13-8-20-15(16-3)18-13/h5-8,17H,4H2,1-3H3,(H,16,18). The Morgan fingerprint density at radius 2 is 2.25 bits per heavy atom. The Morgan fingerprint density at radius 3 is 2.95 bits per heavy atom. The number of benzene rings is 1. The first-order valence-corrected chi connectivity index (χ1v) is 7.49. The highest BCUT2D eigenvalue weighted by molar-refractivity contribution is 7.14. The topological polar surface area (TPSA) is 49.9 Å². The number of H-pyrrole nitrogens is 1. The molecule has 0 bridgehead atoms. The molecule has 0 saturated heterocycles.